The van der Waals surface area contributed by atoms with Crippen LogP contribution in [-0.2, 0) is 0 Å². The van der Waals surface area contributed by atoms with E-state index in [9.17, 15) is 4.79 Å². The largest absolute Gasteiger partial charge is 0.339 e. The highest BCUT2D eigenvalue weighted by Gasteiger charge is 2.28. The maximum Gasteiger partial charge on any atom is 0.253 e. The highest BCUT2D eigenvalue weighted by molar-refractivity contribution is 5.97. The third-order valence-electron chi connectivity index (χ3n) is 4.98. The quantitative estimate of drug-likeness (QED) is 0.842. The predicted octanol–water partition coefficient (Wildman–Crippen LogP) is 0.468. The van der Waals surface area contributed by atoms with Crippen molar-refractivity contribution in [2.45, 2.75) is 18.9 Å². The average Bonchev–Trinajstić information content (AvgIpc) is 3.10. The first-order valence-electron chi connectivity index (χ1n) is 8.36. The Labute approximate surface area is 135 Å². The van der Waals surface area contributed by atoms with E-state index in [-0.39, 0.29) is 5.91 Å². The summed E-state index contributed by atoms with van der Waals surface area (Å²) in [6.07, 6.45) is 2.13. The van der Waals surface area contributed by atoms with E-state index in [1.165, 1.54) is 0 Å². The molecule has 1 aromatic carbocycles. The fourth-order valence-electron chi connectivity index (χ4n) is 3.64. The summed E-state index contributed by atoms with van der Waals surface area (Å²) < 4.78 is 0. The summed E-state index contributed by atoms with van der Waals surface area (Å²) in [6.45, 7) is 6.09. The summed E-state index contributed by atoms with van der Waals surface area (Å²) >= 11 is 0. The molecule has 0 saturated carbocycles. The van der Waals surface area contributed by atoms with E-state index in [4.69, 9.17) is 0 Å². The molecule has 7 heteroatoms. The number of rotatable bonds is 2. The lowest BCUT2D eigenvalue weighted by molar-refractivity contribution is 0.0601. The van der Waals surface area contributed by atoms with Crippen LogP contribution in [0.3, 0.4) is 0 Å². The Morgan fingerprint density at radius 3 is 2.57 bits per heavy atom. The molecule has 0 spiro atoms. The van der Waals surface area contributed by atoms with Crippen molar-refractivity contribution in [2.75, 3.05) is 39.3 Å². The molecule has 2 aliphatic heterocycles. The zero-order valence-electron chi connectivity index (χ0n) is 13.2. The molecular weight excluding hydrogens is 292 g/mol. The van der Waals surface area contributed by atoms with E-state index in [2.05, 4.69) is 25.6 Å². The van der Waals surface area contributed by atoms with Crippen LogP contribution in [0.5, 0.6) is 0 Å². The van der Waals surface area contributed by atoms with Crippen molar-refractivity contribution < 1.29 is 4.79 Å². The summed E-state index contributed by atoms with van der Waals surface area (Å²) in [5, 5.41) is 14.1. The first kappa shape index (κ1) is 14.6. The van der Waals surface area contributed by atoms with Gasteiger partial charge in [-0.2, -0.15) is 15.4 Å². The third-order valence-corrected chi connectivity index (χ3v) is 4.98. The van der Waals surface area contributed by atoms with Crippen molar-refractivity contribution in [2.24, 2.45) is 0 Å². The summed E-state index contributed by atoms with van der Waals surface area (Å²) in [7, 11) is 0. The molecule has 4 rings (SSSR count). The molecule has 122 valence electrons. The summed E-state index contributed by atoms with van der Waals surface area (Å²) in [4.78, 5) is 17.2. The van der Waals surface area contributed by atoms with Gasteiger partial charge in [0.2, 0.25) is 0 Å². The van der Waals surface area contributed by atoms with Gasteiger partial charge in [0.05, 0.1) is 0 Å². The van der Waals surface area contributed by atoms with Crippen molar-refractivity contribution in [3.63, 3.8) is 0 Å². The Kier molecular flexibility index (Phi) is 3.97. The highest BCUT2D eigenvalue weighted by atomic mass is 16.2. The molecule has 7 nitrogen and oxygen atoms in total. The minimum atomic E-state index is 0.105. The van der Waals surface area contributed by atoms with E-state index in [0.29, 0.717) is 11.6 Å². The normalized spacial score (nSPS) is 21.0. The average molecular weight is 314 g/mol. The van der Waals surface area contributed by atoms with Gasteiger partial charge in [-0.3, -0.25) is 9.69 Å². The van der Waals surface area contributed by atoms with Gasteiger partial charge in [0.1, 0.15) is 11.0 Å². The summed E-state index contributed by atoms with van der Waals surface area (Å²) in [6, 6.07) is 6.14. The topological polar surface area (TPSA) is 77.2 Å². The van der Waals surface area contributed by atoms with Gasteiger partial charge in [0, 0.05) is 50.9 Å². The SMILES string of the molecule is O=C(c1ccc2n[nH]nc2c1)N1CCC(N2CCNCC2)CC1. The van der Waals surface area contributed by atoms with Gasteiger partial charge in [-0.25, -0.2) is 0 Å². The standard InChI is InChI=1S/C16H22N6O/c23-16(12-1-2-14-15(11-12)19-20-18-14)22-7-3-13(4-8-22)21-9-5-17-6-10-21/h1-2,11,13,17H,3-10H2,(H,18,19,20). The molecule has 0 unspecified atom stereocenters. The van der Waals surface area contributed by atoms with Crippen molar-refractivity contribution in [1.82, 2.24) is 30.5 Å². The van der Waals surface area contributed by atoms with Crippen LogP contribution in [0.15, 0.2) is 18.2 Å². The van der Waals surface area contributed by atoms with Crippen LogP contribution in [0.4, 0.5) is 0 Å². The summed E-state index contributed by atoms with van der Waals surface area (Å²) in [5.41, 5.74) is 2.23. The Morgan fingerprint density at radius 1 is 1.04 bits per heavy atom. The number of benzene rings is 1. The molecule has 0 bridgehead atoms. The Bertz CT molecular complexity index is 685. The maximum atomic E-state index is 12.7. The number of piperazine rings is 1. The molecule has 1 aromatic heterocycles. The van der Waals surface area contributed by atoms with Gasteiger partial charge in [0.25, 0.3) is 5.91 Å². The zero-order chi connectivity index (χ0) is 15.6. The van der Waals surface area contributed by atoms with Gasteiger partial charge in [0.15, 0.2) is 0 Å². The molecule has 2 aromatic rings. The minimum absolute atomic E-state index is 0.105. The fraction of sp³-hybridized carbons (Fsp3) is 0.562. The molecule has 2 saturated heterocycles. The molecule has 2 aliphatic rings. The van der Waals surface area contributed by atoms with E-state index >= 15 is 0 Å². The number of carbonyl (C=O) groups is 1. The lowest BCUT2D eigenvalue weighted by atomic mass is 10.0. The number of nitrogens with zero attached hydrogens (tertiary/aromatic N) is 4. The van der Waals surface area contributed by atoms with Crippen molar-refractivity contribution in [3.05, 3.63) is 23.8 Å². The smallest absolute Gasteiger partial charge is 0.253 e. The molecule has 3 heterocycles. The molecular formula is C16H22N6O. The number of H-pyrrole nitrogens is 1. The number of aromatic nitrogens is 3. The van der Waals surface area contributed by atoms with E-state index in [1.807, 2.05) is 23.1 Å². The van der Waals surface area contributed by atoms with Gasteiger partial charge >= 0.3 is 0 Å². The number of nitrogens with one attached hydrogen (secondary N) is 2. The van der Waals surface area contributed by atoms with E-state index in [1.54, 1.807) is 0 Å². The number of carbonyl (C=O) groups excluding carboxylic acids is 1. The molecule has 23 heavy (non-hydrogen) atoms. The Hall–Kier alpha value is -1.99. The molecule has 0 aliphatic carbocycles. The molecule has 0 atom stereocenters. The lowest BCUT2D eigenvalue weighted by Crippen LogP contribution is -2.52. The number of likely N-dealkylation sites (tertiary alicyclic amines) is 1. The number of aromatic amines is 1. The highest BCUT2D eigenvalue weighted by Crippen LogP contribution is 2.20. The molecule has 1 amide bonds. The zero-order valence-corrected chi connectivity index (χ0v) is 13.2. The van der Waals surface area contributed by atoms with Gasteiger partial charge in [-0.15, -0.1) is 0 Å². The first-order chi connectivity index (χ1) is 11.3. The molecule has 2 N–H and O–H groups in total. The van der Waals surface area contributed by atoms with Crippen molar-refractivity contribution in [1.29, 1.82) is 0 Å². The number of amides is 1. The maximum absolute atomic E-state index is 12.7. The second-order valence-electron chi connectivity index (χ2n) is 6.34. The molecule has 2 fully saturated rings. The number of hydrogen-bond donors (Lipinski definition) is 2. The van der Waals surface area contributed by atoms with Gasteiger partial charge in [-0.1, -0.05) is 0 Å². The van der Waals surface area contributed by atoms with Crippen LogP contribution in [0.25, 0.3) is 11.0 Å². The van der Waals surface area contributed by atoms with Crippen molar-refractivity contribution in [3.8, 4) is 0 Å². The first-order valence-corrected chi connectivity index (χ1v) is 8.36. The Morgan fingerprint density at radius 2 is 1.78 bits per heavy atom. The van der Waals surface area contributed by atoms with Crippen LogP contribution in [-0.4, -0.2) is 76.4 Å². The van der Waals surface area contributed by atoms with Crippen LogP contribution in [0, 0.1) is 0 Å². The number of piperidine rings is 1. The van der Waals surface area contributed by atoms with Crippen LogP contribution in [0.2, 0.25) is 0 Å². The Balaban J connectivity index is 1.40. The fourth-order valence-corrected chi connectivity index (χ4v) is 3.64. The monoisotopic (exact) mass is 314 g/mol. The van der Waals surface area contributed by atoms with Gasteiger partial charge in [-0.05, 0) is 31.0 Å². The van der Waals surface area contributed by atoms with E-state index < -0.39 is 0 Å². The van der Waals surface area contributed by atoms with Crippen molar-refractivity contribution >= 4 is 16.9 Å². The lowest BCUT2D eigenvalue weighted by Gasteiger charge is -2.40. The summed E-state index contributed by atoms with van der Waals surface area (Å²) in [5.74, 6) is 0.105. The number of fused-ring (bicyclic) bond motifs is 1. The molecule has 0 radical (unpaired) electrons. The minimum Gasteiger partial charge on any atom is -0.339 e. The third kappa shape index (κ3) is 2.94. The second kappa shape index (κ2) is 6.25. The number of hydrogen-bond acceptors (Lipinski definition) is 5. The van der Waals surface area contributed by atoms with Crippen LogP contribution in [0.1, 0.15) is 23.2 Å². The predicted molar refractivity (Wildman–Crippen MR) is 87.3 cm³/mol. The van der Waals surface area contributed by atoms with Crippen LogP contribution >= 0.6 is 0 Å². The van der Waals surface area contributed by atoms with Crippen LogP contribution < -0.4 is 5.32 Å². The van der Waals surface area contributed by atoms with E-state index in [0.717, 1.165) is 63.1 Å². The second-order valence-corrected chi connectivity index (χ2v) is 6.34. The van der Waals surface area contributed by atoms with Gasteiger partial charge < -0.3 is 10.2 Å².